The van der Waals surface area contributed by atoms with E-state index in [4.69, 9.17) is 5.11 Å². The maximum Gasteiger partial charge on any atom is 0.303 e. The smallest absolute Gasteiger partial charge is 0.303 e. The lowest BCUT2D eigenvalue weighted by Crippen LogP contribution is -2.22. The van der Waals surface area contributed by atoms with Gasteiger partial charge in [-0.25, -0.2) is 8.42 Å². The van der Waals surface area contributed by atoms with Gasteiger partial charge in [0.25, 0.3) is 0 Å². The van der Waals surface area contributed by atoms with Crippen molar-refractivity contribution in [3.8, 4) is 0 Å². The predicted octanol–water partition coefficient (Wildman–Crippen LogP) is 2.14. The van der Waals surface area contributed by atoms with Crippen molar-refractivity contribution in [2.45, 2.75) is 45.4 Å². The first kappa shape index (κ1) is 16.5. The van der Waals surface area contributed by atoms with Crippen LogP contribution in [0.5, 0.6) is 0 Å². The molecule has 0 bridgehead atoms. The van der Waals surface area contributed by atoms with Crippen LogP contribution >= 0.6 is 15.9 Å². The van der Waals surface area contributed by atoms with Crippen LogP contribution in [0.4, 0.5) is 0 Å². The summed E-state index contributed by atoms with van der Waals surface area (Å²) in [6.45, 7) is 4.32. The number of sulfone groups is 1. The van der Waals surface area contributed by atoms with Crippen LogP contribution in [0.2, 0.25) is 0 Å². The molecule has 1 saturated carbocycles. The van der Waals surface area contributed by atoms with Crippen LogP contribution in [-0.4, -0.2) is 35.0 Å². The largest absolute Gasteiger partial charge is 0.481 e. The van der Waals surface area contributed by atoms with Gasteiger partial charge in [-0.05, 0) is 48.0 Å². The lowest BCUT2D eigenvalue weighted by Gasteiger charge is -2.13. The lowest BCUT2D eigenvalue weighted by atomic mass is 10.1. The average molecular weight is 379 g/mol. The quantitative estimate of drug-likeness (QED) is 0.784. The van der Waals surface area contributed by atoms with Gasteiger partial charge in [-0.3, -0.25) is 9.48 Å². The van der Waals surface area contributed by atoms with E-state index in [2.05, 4.69) is 21.0 Å². The molecule has 1 aliphatic rings. The van der Waals surface area contributed by atoms with E-state index in [9.17, 15) is 13.2 Å². The Morgan fingerprint density at radius 2 is 2.10 bits per heavy atom. The van der Waals surface area contributed by atoms with E-state index in [1.807, 2.05) is 13.8 Å². The molecule has 1 aliphatic carbocycles. The first-order valence-electron chi connectivity index (χ1n) is 6.82. The molecule has 0 amide bonds. The van der Waals surface area contributed by atoms with Crippen molar-refractivity contribution in [1.82, 2.24) is 9.78 Å². The fourth-order valence-corrected chi connectivity index (χ4v) is 5.35. The highest BCUT2D eigenvalue weighted by molar-refractivity contribution is 9.10. The Kier molecular flexibility index (Phi) is 4.49. The normalized spacial score (nSPS) is 16.9. The van der Waals surface area contributed by atoms with Crippen LogP contribution in [0.15, 0.2) is 4.47 Å². The van der Waals surface area contributed by atoms with Gasteiger partial charge in [-0.1, -0.05) is 0 Å². The summed E-state index contributed by atoms with van der Waals surface area (Å²) in [6.07, 6.45) is 1.27. The second-order valence-electron chi connectivity index (χ2n) is 5.76. The number of carboxylic acids is 1. The summed E-state index contributed by atoms with van der Waals surface area (Å²) in [4.78, 5) is 10.8. The third kappa shape index (κ3) is 3.85. The Balaban J connectivity index is 2.17. The molecule has 6 nitrogen and oxygen atoms in total. The summed E-state index contributed by atoms with van der Waals surface area (Å²) in [5.41, 5.74) is 0.846. The summed E-state index contributed by atoms with van der Waals surface area (Å²) < 4.78 is 27.2. The van der Waals surface area contributed by atoms with Crippen molar-refractivity contribution in [3.63, 3.8) is 0 Å². The van der Waals surface area contributed by atoms with E-state index in [1.165, 1.54) is 0 Å². The Morgan fingerprint density at radius 1 is 1.48 bits per heavy atom. The van der Waals surface area contributed by atoms with Crippen LogP contribution in [0.25, 0.3) is 0 Å². The number of halogens is 1. The molecule has 118 valence electrons. The molecule has 1 N–H and O–H groups in total. The molecular weight excluding hydrogens is 360 g/mol. The topological polar surface area (TPSA) is 89.3 Å². The molecule has 0 saturated heterocycles. The maximum atomic E-state index is 12.4. The van der Waals surface area contributed by atoms with E-state index in [0.717, 1.165) is 10.2 Å². The summed E-state index contributed by atoms with van der Waals surface area (Å²) in [6, 6.07) is 0. The molecule has 0 radical (unpaired) electrons. The van der Waals surface area contributed by atoms with Crippen molar-refractivity contribution in [2.75, 3.05) is 5.75 Å². The Labute approximate surface area is 132 Å². The van der Waals surface area contributed by atoms with Crippen LogP contribution in [0.3, 0.4) is 0 Å². The molecular formula is C13H19BrN2O4S. The van der Waals surface area contributed by atoms with Gasteiger partial charge in [0, 0.05) is 6.54 Å². The van der Waals surface area contributed by atoms with E-state index < -0.39 is 21.2 Å². The zero-order chi connectivity index (χ0) is 15.8. The van der Waals surface area contributed by atoms with Crippen LogP contribution < -0.4 is 0 Å². The van der Waals surface area contributed by atoms with E-state index in [0.29, 0.717) is 25.1 Å². The lowest BCUT2D eigenvalue weighted by molar-refractivity contribution is -0.138. The van der Waals surface area contributed by atoms with Crippen molar-refractivity contribution in [3.05, 3.63) is 15.9 Å². The highest BCUT2D eigenvalue weighted by atomic mass is 79.9. The molecule has 0 aromatic carbocycles. The van der Waals surface area contributed by atoms with Gasteiger partial charge in [0.1, 0.15) is 0 Å². The number of hydrogen-bond donors (Lipinski definition) is 1. The van der Waals surface area contributed by atoms with Gasteiger partial charge in [-0.2, -0.15) is 5.10 Å². The van der Waals surface area contributed by atoms with Crippen LogP contribution in [-0.2, 0) is 26.9 Å². The summed E-state index contributed by atoms with van der Waals surface area (Å²) >= 11 is 3.39. The molecule has 0 atom stereocenters. The number of rotatable bonds is 7. The summed E-state index contributed by atoms with van der Waals surface area (Å²) in [5.74, 6) is -1.10. The predicted molar refractivity (Wildman–Crippen MR) is 81.7 cm³/mol. The zero-order valence-corrected chi connectivity index (χ0v) is 14.5. The SMILES string of the molecule is CCn1nc(C)c(Br)c1CS(=O)(=O)CC1(CC(=O)O)CC1. The van der Waals surface area contributed by atoms with Gasteiger partial charge < -0.3 is 5.11 Å². The summed E-state index contributed by atoms with van der Waals surface area (Å²) in [5, 5.41) is 13.2. The highest BCUT2D eigenvalue weighted by Crippen LogP contribution is 2.50. The highest BCUT2D eigenvalue weighted by Gasteiger charge is 2.47. The van der Waals surface area contributed by atoms with Crippen LogP contribution in [0, 0.1) is 12.3 Å². The van der Waals surface area contributed by atoms with E-state index in [1.54, 1.807) is 4.68 Å². The Hall–Kier alpha value is -0.890. The molecule has 2 rings (SSSR count). The second-order valence-corrected chi connectivity index (χ2v) is 8.62. The minimum atomic E-state index is -3.37. The van der Waals surface area contributed by atoms with Crippen molar-refractivity contribution in [2.24, 2.45) is 5.41 Å². The molecule has 0 unspecified atom stereocenters. The first-order chi connectivity index (χ1) is 9.68. The Morgan fingerprint density at radius 3 is 2.57 bits per heavy atom. The molecule has 1 fully saturated rings. The minimum Gasteiger partial charge on any atom is -0.481 e. The molecule has 0 aliphatic heterocycles. The number of aliphatic carboxylic acids is 1. The molecule has 1 heterocycles. The number of carboxylic acid groups (broad SMARTS) is 1. The minimum absolute atomic E-state index is 0.0628. The van der Waals surface area contributed by atoms with E-state index in [-0.39, 0.29) is 17.9 Å². The third-order valence-electron chi connectivity index (χ3n) is 3.82. The monoisotopic (exact) mass is 378 g/mol. The average Bonchev–Trinajstić information content (AvgIpc) is 3.03. The molecule has 8 heteroatoms. The number of aryl methyl sites for hydroxylation is 2. The molecule has 1 aromatic rings. The summed E-state index contributed by atoms with van der Waals surface area (Å²) in [7, 11) is -3.37. The molecule has 1 aromatic heterocycles. The fourth-order valence-electron chi connectivity index (χ4n) is 2.60. The standard InChI is InChI=1S/C13H19BrN2O4S/c1-3-16-10(12(14)9(2)15-16)7-21(19,20)8-13(4-5-13)6-11(17)18/h3-8H2,1-2H3,(H,17,18). The third-order valence-corrected chi connectivity index (χ3v) is 6.62. The Bertz CT molecular complexity index is 662. The fraction of sp³-hybridized carbons (Fsp3) is 0.692. The van der Waals surface area contributed by atoms with Gasteiger partial charge in [-0.15, -0.1) is 0 Å². The van der Waals surface area contributed by atoms with Gasteiger partial charge in [0.15, 0.2) is 9.84 Å². The van der Waals surface area contributed by atoms with Crippen molar-refractivity contribution in [1.29, 1.82) is 0 Å². The van der Waals surface area contributed by atoms with Crippen molar-refractivity contribution < 1.29 is 18.3 Å². The molecule has 0 spiro atoms. The number of carbonyl (C=O) groups is 1. The van der Waals surface area contributed by atoms with Gasteiger partial charge in [0.05, 0.1) is 33.8 Å². The first-order valence-corrected chi connectivity index (χ1v) is 9.43. The van der Waals surface area contributed by atoms with Crippen LogP contribution in [0.1, 0.15) is 37.6 Å². The number of aromatic nitrogens is 2. The van der Waals surface area contributed by atoms with Crippen molar-refractivity contribution >= 4 is 31.7 Å². The zero-order valence-electron chi connectivity index (χ0n) is 12.1. The van der Waals surface area contributed by atoms with E-state index >= 15 is 0 Å². The molecule has 21 heavy (non-hydrogen) atoms. The maximum absolute atomic E-state index is 12.4. The number of nitrogens with zero attached hydrogens (tertiary/aromatic N) is 2. The van der Waals surface area contributed by atoms with Gasteiger partial charge in [0.2, 0.25) is 0 Å². The van der Waals surface area contributed by atoms with Gasteiger partial charge >= 0.3 is 5.97 Å². The number of hydrogen-bond acceptors (Lipinski definition) is 4. The second kappa shape index (κ2) is 5.72.